The van der Waals surface area contributed by atoms with Gasteiger partial charge in [0.25, 0.3) is 0 Å². The van der Waals surface area contributed by atoms with Crippen molar-refractivity contribution >= 4 is 33.2 Å². The number of carbonyl (C=O) groups is 1. The van der Waals surface area contributed by atoms with E-state index in [1.54, 1.807) is 13.0 Å². The van der Waals surface area contributed by atoms with Crippen LogP contribution in [0.2, 0.25) is 0 Å². The topological polar surface area (TPSA) is 26.3 Å². The number of thiophene rings is 1. The van der Waals surface area contributed by atoms with Crippen molar-refractivity contribution in [2.24, 2.45) is 0 Å². The zero-order valence-corrected chi connectivity index (χ0v) is 14.6. The van der Waals surface area contributed by atoms with E-state index in [2.05, 4.69) is 21.3 Å². The molecule has 1 rings (SSSR count). The van der Waals surface area contributed by atoms with Crippen molar-refractivity contribution in [2.75, 3.05) is 6.61 Å². The molecule has 14 heavy (non-hydrogen) atoms. The third-order valence-electron chi connectivity index (χ3n) is 1.27. The first-order chi connectivity index (χ1) is 5.74. The Kier molecular flexibility index (Phi) is 11.0. The molecule has 6 heteroatoms. The molecule has 1 heterocycles. The van der Waals surface area contributed by atoms with Gasteiger partial charge in [-0.05, 0) is 34.5 Å². The Labute approximate surface area is 119 Å². The third kappa shape index (κ3) is 5.59. The van der Waals surface area contributed by atoms with Crippen molar-refractivity contribution in [3.63, 3.8) is 0 Å². The Hall–Kier alpha value is 0.753. The second-order valence-electron chi connectivity index (χ2n) is 2.14. The van der Waals surface area contributed by atoms with Crippen LogP contribution in [0.3, 0.4) is 0 Å². The van der Waals surface area contributed by atoms with E-state index in [1.165, 1.54) is 11.3 Å². The van der Waals surface area contributed by atoms with Crippen LogP contribution in [0.25, 0.3) is 0 Å². The minimum Gasteiger partial charge on any atom is -1.00 e. The average molecular weight is 393 g/mol. The van der Waals surface area contributed by atoms with Crippen LogP contribution in [0.15, 0.2) is 9.85 Å². The first-order valence-corrected chi connectivity index (χ1v) is 5.15. The van der Waals surface area contributed by atoms with E-state index in [0.717, 1.165) is 9.35 Å². The van der Waals surface area contributed by atoms with Gasteiger partial charge in [0.2, 0.25) is 0 Å². The molecule has 1 radical (unpaired) electrons. The Balaban J connectivity index is 0. The van der Waals surface area contributed by atoms with Crippen LogP contribution in [-0.4, -0.2) is 12.6 Å². The predicted octanol–water partition coefficient (Wildman–Crippen LogP) is -0.582. The van der Waals surface area contributed by atoms with Crippen molar-refractivity contribution in [1.82, 2.24) is 0 Å². The monoisotopic (exact) mass is 390 g/mol. The summed E-state index contributed by atoms with van der Waals surface area (Å²) in [5.74, 6) is -0.190. The summed E-state index contributed by atoms with van der Waals surface area (Å²) in [4.78, 5) is 11.0. The molecule has 0 atom stereocenters. The van der Waals surface area contributed by atoms with Crippen LogP contribution in [0.5, 0.6) is 0 Å². The Morgan fingerprint density at radius 3 is 2.79 bits per heavy atom. The summed E-state index contributed by atoms with van der Waals surface area (Å²) in [6.45, 7) is 2.23. The van der Waals surface area contributed by atoms with E-state index < -0.39 is 0 Å². The summed E-state index contributed by atoms with van der Waals surface area (Å²) < 4.78 is 5.76. The molecule has 0 bridgehead atoms. The summed E-state index contributed by atoms with van der Waals surface area (Å²) in [5.41, 5.74) is 0.943. The summed E-state index contributed by atoms with van der Waals surface area (Å²) in [6, 6.07) is 1.80. The molecular formula is C8H8Br2O2SZn-. The maximum Gasteiger partial charge on any atom is 0.310 e. The van der Waals surface area contributed by atoms with E-state index in [0.29, 0.717) is 13.0 Å². The predicted molar refractivity (Wildman–Crippen MR) is 51.2 cm³/mol. The van der Waals surface area contributed by atoms with E-state index in [-0.39, 0.29) is 42.4 Å². The normalized spacial score (nSPS) is 8.43. The molecule has 0 saturated heterocycles. The van der Waals surface area contributed by atoms with Gasteiger partial charge in [-0.25, -0.2) is 0 Å². The van der Waals surface area contributed by atoms with Gasteiger partial charge in [0.05, 0.1) is 16.8 Å². The molecule has 0 N–H and O–H groups in total. The molecule has 0 fully saturated rings. The summed E-state index contributed by atoms with van der Waals surface area (Å²) in [6.07, 6.45) is 0.328. The molecular weight excluding hydrogens is 385 g/mol. The van der Waals surface area contributed by atoms with Gasteiger partial charge in [0.1, 0.15) is 0 Å². The number of carbonyl (C=O) groups excluding carboxylic acids is 1. The van der Waals surface area contributed by atoms with E-state index in [4.69, 9.17) is 4.74 Å². The minimum atomic E-state index is -0.190. The maximum absolute atomic E-state index is 11.0. The van der Waals surface area contributed by atoms with Crippen molar-refractivity contribution in [3.05, 3.63) is 20.8 Å². The van der Waals surface area contributed by atoms with Gasteiger partial charge < -0.3 is 21.7 Å². The van der Waals surface area contributed by atoms with E-state index >= 15 is 0 Å². The summed E-state index contributed by atoms with van der Waals surface area (Å²) >= 11 is 4.77. The Morgan fingerprint density at radius 1 is 1.71 bits per heavy atom. The molecule has 0 aromatic carbocycles. The first-order valence-electron chi connectivity index (χ1n) is 3.54. The van der Waals surface area contributed by atoms with Crippen LogP contribution in [0, 0.1) is 5.38 Å². The molecule has 75 valence electrons. The van der Waals surface area contributed by atoms with Crippen molar-refractivity contribution in [2.45, 2.75) is 13.3 Å². The van der Waals surface area contributed by atoms with Gasteiger partial charge in [0, 0.05) is 24.9 Å². The number of hydrogen-bond acceptors (Lipinski definition) is 3. The van der Waals surface area contributed by atoms with Gasteiger partial charge in [0.15, 0.2) is 0 Å². The SMILES string of the molecule is CCOC(=O)Cc1c[c]sc1Br.[Br-].[Zn]. The number of ether oxygens (including phenoxy) is 1. The molecule has 1 aromatic heterocycles. The molecule has 0 saturated carbocycles. The molecule has 0 unspecified atom stereocenters. The molecule has 0 amide bonds. The maximum atomic E-state index is 11.0. The summed E-state index contributed by atoms with van der Waals surface area (Å²) in [5, 5.41) is 2.93. The van der Waals surface area contributed by atoms with Crippen molar-refractivity contribution < 1.29 is 46.0 Å². The fourth-order valence-corrected chi connectivity index (χ4v) is 1.86. The van der Waals surface area contributed by atoms with Gasteiger partial charge in [-0.1, -0.05) is 0 Å². The average Bonchev–Trinajstić information content (AvgIpc) is 2.37. The molecule has 0 spiro atoms. The van der Waals surface area contributed by atoms with Crippen molar-refractivity contribution in [1.29, 1.82) is 0 Å². The van der Waals surface area contributed by atoms with Gasteiger partial charge in [-0.15, -0.1) is 11.3 Å². The minimum absolute atomic E-state index is 0. The molecule has 1 aromatic rings. The first kappa shape index (κ1) is 17.2. The third-order valence-corrected chi connectivity index (χ3v) is 2.95. The second kappa shape index (κ2) is 9.01. The van der Waals surface area contributed by atoms with Crippen LogP contribution in [-0.2, 0) is 35.4 Å². The summed E-state index contributed by atoms with van der Waals surface area (Å²) in [7, 11) is 0. The molecule has 0 aliphatic rings. The van der Waals surface area contributed by atoms with Crippen LogP contribution < -0.4 is 17.0 Å². The number of esters is 1. The largest absolute Gasteiger partial charge is 1.00 e. The standard InChI is InChI=1S/C8H8BrO2S.BrH.Zn/c1-2-11-7(10)5-6-3-4-12-8(6)9;;/h3H,2,5H2,1H3;1H;/p-1. The van der Waals surface area contributed by atoms with Gasteiger partial charge >= 0.3 is 5.97 Å². The smallest absolute Gasteiger partial charge is 0.310 e. The van der Waals surface area contributed by atoms with Crippen LogP contribution >= 0.6 is 27.3 Å². The fourth-order valence-electron chi connectivity index (χ4n) is 0.763. The fraction of sp³-hybridized carbons (Fsp3) is 0.375. The van der Waals surface area contributed by atoms with Crippen molar-refractivity contribution in [3.8, 4) is 0 Å². The van der Waals surface area contributed by atoms with E-state index in [9.17, 15) is 4.79 Å². The number of hydrogen-bond donors (Lipinski definition) is 0. The zero-order valence-electron chi connectivity index (χ0n) is 7.68. The Morgan fingerprint density at radius 2 is 2.36 bits per heavy atom. The van der Waals surface area contributed by atoms with E-state index in [1.807, 2.05) is 0 Å². The Bertz CT molecular complexity index is 278. The molecule has 0 aliphatic heterocycles. The second-order valence-corrected chi connectivity index (χ2v) is 4.31. The van der Waals surface area contributed by atoms with Crippen LogP contribution in [0.1, 0.15) is 12.5 Å². The van der Waals surface area contributed by atoms with Crippen LogP contribution in [0.4, 0.5) is 0 Å². The number of rotatable bonds is 3. The molecule has 2 nitrogen and oxygen atoms in total. The number of halogens is 2. The molecule has 0 aliphatic carbocycles. The van der Waals surface area contributed by atoms with Gasteiger partial charge in [-0.3, -0.25) is 4.79 Å². The zero-order chi connectivity index (χ0) is 8.97. The van der Waals surface area contributed by atoms with Gasteiger partial charge in [-0.2, -0.15) is 0 Å². The quantitative estimate of drug-likeness (QED) is 0.508.